The summed E-state index contributed by atoms with van der Waals surface area (Å²) in [5, 5.41) is 11.5. The van der Waals surface area contributed by atoms with Gasteiger partial charge in [-0.3, -0.25) is 14.3 Å². The number of nitrogens with zero attached hydrogens (tertiary/aromatic N) is 5. The lowest BCUT2D eigenvalue weighted by atomic mass is 10.2. The number of aromatic nitrogens is 6. The number of hydrogen-bond donors (Lipinski definition) is 2. The smallest absolute Gasteiger partial charge is 0.276 e. The largest absolute Gasteiger partial charge is 0.486 e. The number of carbonyl (C=O) groups is 1. The van der Waals surface area contributed by atoms with Crippen molar-refractivity contribution < 1.29 is 9.53 Å². The lowest BCUT2D eigenvalue weighted by molar-refractivity contribution is 0.102. The fourth-order valence-electron chi connectivity index (χ4n) is 3.63. The molecule has 2 aromatic carbocycles. The molecule has 0 saturated carbocycles. The predicted octanol–water partition coefficient (Wildman–Crippen LogP) is 3.61. The first-order valence-corrected chi connectivity index (χ1v) is 11.0. The molecule has 0 bridgehead atoms. The van der Waals surface area contributed by atoms with E-state index in [-0.39, 0.29) is 34.3 Å². The summed E-state index contributed by atoms with van der Waals surface area (Å²) in [5.41, 5.74) is 1.83. The summed E-state index contributed by atoms with van der Waals surface area (Å²) >= 11 is 6.34. The Bertz CT molecular complexity index is 1600. The Kier molecular flexibility index (Phi) is 5.79. The third-order valence-electron chi connectivity index (χ3n) is 5.25. The van der Waals surface area contributed by atoms with E-state index >= 15 is 0 Å². The number of hydrogen-bond acceptors (Lipinski definition) is 6. The van der Waals surface area contributed by atoms with E-state index in [1.165, 1.54) is 10.6 Å². The number of halogens is 1. The Morgan fingerprint density at radius 1 is 1.11 bits per heavy atom. The predicted molar refractivity (Wildman–Crippen MR) is 131 cm³/mol. The van der Waals surface area contributed by atoms with Gasteiger partial charge in [-0.25, -0.2) is 0 Å². The standard InChI is InChI=1S/C24H20ClN7O3/c1-14-11-19(31(2)29-14)27-23(34)21-17(25)9-6-10-18(21)35-13-16-12-20(33)32-24(26-16)28-22(30-32)15-7-4-3-5-8-15/h3-12H,13H2,1-2H3,(H,27,34)(H,26,28,30). The van der Waals surface area contributed by atoms with Gasteiger partial charge in [-0.2, -0.15) is 14.6 Å². The van der Waals surface area contributed by atoms with Crippen molar-refractivity contribution in [1.29, 1.82) is 0 Å². The van der Waals surface area contributed by atoms with Crippen molar-refractivity contribution in [2.75, 3.05) is 5.32 Å². The average molecular weight is 490 g/mol. The van der Waals surface area contributed by atoms with E-state index in [1.54, 1.807) is 36.0 Å². The minimum absolute atomic E-state index is 0.0231. The molecule has 0 spiro atoms. The van der Waals surface area contributed by atoms with Gasteiger partial charge in [0.15, 0.2) is 5.82 Å². The molecule has 0 aliphatic carbocycles. The zero-order valence-electron chi connectivity index (χ0n) is 18.8. The molecule has 5 rings (SSSR count). The molecule has 0 aliphatic rings. The van der Waals surface area contributed by atoms with E-state index in [4.69, 9.17) is 16.3 Å². The zero-order chi connectivity index (χ0) is 24.5. The van der Waals surface area contributed by atoms with Crippen molar-refractivity contribution in [3.05, 3.63) is 93.0 Å². The Balaban J connectivity index is 1.40. The van der Waals surface area contributed by atoms with Gasteiger partial charge in [0.05, 0.1) is 16.4 Å². The first-order chi connectivity index (χ1) is 16.9. The molecule has 0 fully saturated rings. The molecule has 1 amide bonds. The fraction of sp³-hybridized carbons (Fsp3) is 0.125. The van der Waals surface area contributed by atoms with Gasteiger partial charge in [0.25, 0.3) is 11.5 Å². The van der Waals surface area contributed by atoms with Gasteiger partial charge in [0.2, 0.25) is 5.78 Å². The molecule has 176 valence electrons. The van der Waals surface area contributed by atoms with E-state index in [1.807, 2.05) is 37.3 Å². The van der Waals surface area contributed by atoms with Crippen LogP contribution in [0.1, 0.15) is 21.7 Å². The van der Waals surface area contributed by atoms with Crippen LogP contribution in [0.4, 0.5) is 5.82 Å². The molecule has 3 heterocycles. The second-order valence-corrected chi connectivity index (χ2v) is 8.23. The summed E-state index contributed by atoms with van der Waals surface area (Å²) in [7, 11) is 1.73. The molecule has 0 radical (unpaired) electrons. The third kappa shape index (κ3) is 4.51. The van der Waals surface area contributed by atoms with Crippen LogP contribution in [0.5, 0.6) is 5.75 Å². The van der Waals surface area contributed by atoms with E-state index < -0.39 is 5.91 Å². The summed E-state index contributed by atoms with van der Waals surface area (Å²) in [6.07, 6.45) is 0. The Morgan fingerprint density at radius 2 is 1.91 bits per heavy atom. The first-order valence-electron chi connectivity index (χ1n) is 10.7. The number of carbonyl (C=O) groups excluding carboxylic acids is 1. The highest BCUT2D eigenvalue weighted by Crippen LogP contribution is 2.28. The normalized spacial score (nSPS) is 11.1. The molecule has 0 atom stereocenters. The summed E-state index contributed by atoms with van der Waals surface area (Å²) in [5.74, 6) is 1.06. The topological polar surface area (TPSA) is 119 Å². The number of rotatable bonds is 6. The quantitative estimate of drug-likeness (QED) is 0.376. The molecule has 11 heteroatoms. The molecule has 0 aliphatic heterocycles. The van der Waals surface area contributed by atoms with Crippen LogP contribution >= 0.6 is 11.6 Å². The summed E-state index contributed by atoms with van der Waals surface area (Å²) < 4.78 is 8.66. The monoisotopic (exact) mass is 489 g/mol. The van der Waals surface area contributed by atoms with Crippen molar-refractivity contribution in [3.63, 3.8) is 0 Å². The number of amides is 1. The highest BCUT2D eigenvalue weighted by Gasteiger charge is 2.19. The van der Waals surface area contributed by atoms with Crippen LogP contribution in [0.15, 0.2) is 65.5 Å². The third-order valence-corrected chi connectivity index (χ3v) is 5.56. The van der Waals surface area contributed by atoms with Gasteiger partial charge in [0.1, 0.15) is 23.7 Å². The van der Waals surface area contributed by atoms with E-state index in [0.29, 0.717) is 17.3 Å². The number of H-pyrrole nitrogens is 1. The minimum Gasteiger partial charge on any atom is -0.486 e. The molecular weight excluding hydrogens is 470 g/mol. The maximum atomic E-state index is 13.0. The summed E-state index contributed by atoms with van der Waals surface area (Å²) in [6.45, 7) is 1.81. The van der Waals surface area contributed by atoms with Crippen LogP contribution in [0.25, 0.3) is 17.2 Å². The van der Waals surface area contributed by atoms with Crippen molar-refractivity contribution >= 4 is 29.1 Å². The van der Waals surface area contributed by atoms with Crippen molar-refractivity contribution in [2.45, 2.75) is 13.5 Å². The number of benzene rings is 2. The molecule has 35 heavy (non-hydrogen) atoms. The molecular formula is C24H20ClN7O3. The van der Waals surface area contributed by atoms with E-state index in [2.05, 4.69) is 25.5 Å². The molecule has 5 aromatic rings. The average Bonchev–Trinajstić information content (AvgIpc) is 3.41. The van der Waals surface area contributed by atoms with Crippen LogP contribution < -0.4 is 15.6 Å². The number of aryl methyl sites for hydroxylation is 2. The van der Waals surface area contributed by atoms with Crippen LogP contribution in [-0.4, -0.2) is 35.3 Å². The van der Waals surface area contributed by atoms with Crippen LogP contribution in [0.2, 0.25) is 5.02 Å². The highest BCUT2D eigenvalue weighted by molar-refractivity contribution is 6.34. The van der Waals surface area contributed by atoms with Crippen LogP contribution in [-0.2, 0) is 13.7 Å². The van der Waals surface area contributed by atoms with E-state index in [0.717, 1.165) is 11.3 Å². The van der Waals surface area contributed by atoms with Crippen LogP contribution in [0.3, 0.4) is 0 Å². The van der Waals surface area contributed by atoms with Crippen LogP contribution in [0, 0.1) is 6.92 Å². The van der Waals surface area contributed by atoms with Crippen molar-refractivity contribution in [1.82, 2.24) is 29.4 Å². The SMILES string of the molecule is Cc1cc(NC(=O)c2c(Cl)cccc2OCc2cc(=O)n3nc(-c4ccccc4)nc3[nH]2)n(C)n1. The molecule has 0 saturated heterocycles. The van der Waals surface area contributed by atoms with Gasteiger partial charge < -0.3 is 15.0 Å². The lowest BCUT2D eigenvalue weighted by Gasteiger charge is -2.13. The summed E-state index contributed by atoms with van der Waals surface area (Å²) in [4.78, 5) is 33.1. The summed E-state index contributed by atoms with van der Waals surface area (Å²) in [6, 6.07) is 17.4. The van der Waals surface area contributed by atoms with Gasteiger partial charge in [0, 0.05) is 24.7 Å². The Morgan fingerprint density at radius 3 is 2.66 bits per heavy atom. The Hall–Kier alpha value is -4.44. The number of ether oxygens (including phenoxy) is 1. The second-order valence-electron chi connectivity index (χ2n) is 7.82. The lowest BCUT2D eigenvalue weighted by Crippen LogP contribution is -2.18. The second kappa shape index (κ2) is 9.07. The molecule has 0 unspecified atom stereocenters. The van der Waals surface area contributed by atoms with Gasteiger partial charge in [-0.15, -0.1) is 5.10 Å². The maximum Gasteiger partial charge on any atom is 0.276 e. The highest BCUT2D eigenvalue weighted by atomic mass is 35.5. The van der Waals surface area contributed by atoms with Gasteiger partial charge in [-0.05, 0) is 19.1 Å². The van der Waals surface area contributed by atoms with Gasteiger partial charge in [-0.1, -0.05) is 48.0 Å². The number of nitrogens with one attached hydrogen (secondary N) is 2. The van der Waals surface area contributed by atoms with Crippen molar-refractivity contribution in [3.8, 4) is 17.1 Å². The number of anilines is 1. The fourth-order valence-corrected chi connectivity index (χ4v) is 3.88. The number of aromatic amines is 1. The van der Waals surface area contributed by atoms with Crippen molar-refractivity contribution in [2.24, 2.45) is 7.05 Å². The maximum absolute atomic E-state index is 13.0. The molecule has 3 aromatic heterocycles. The molecule has 10 nitrogen and oxygen atoms in total. The molecule has 2 N–H and O–H groups in total. The van der Waals surface area contributed by atoms with Gasteiger partial charge >= 0.3 is 0 Å². The number of fused-ring (bicyclic) bond motifs is 1. The Labute approximate surface area is 204 Å². The zero-order valence-corrected chi connectivity index (χ0v) is 19.6. The van der Waals surface area contributed by atoms with E-state index in [9.17, 15) is 9.59 Å². The first kappa shape index (κ1) is 22.4. The minimum atomic E-state index is -0.442.